The van der Waals surface area contributed by atoms with E-state index in [4.69, 9.17) is 4.74 Å². The number of fused-ring (bicyclic) bond motifs is 1. The topological polar surface area (TPSA) is 76.5 Å². The summed E-state index contributed by atoms with van der Waals surface area (Å²) >= 11 is 0. The lowest BCUT2D eigenvalue weighted by molar-refractivity contribution is 0.0942. The van der Waals surface area contributed by atoms with Gasteiger partial charge in [-0.2, -0.15) is 9.78 Å². The van der Waals surface area contributed by atoms with Gasteiger partial charge in [0.05, 0.1) is 17.7 Å². The molecule has 2 unspecified atom stereocenters. The molecule has 0 aliphatic carbocycles. The number of amides is 1. The summed E-state index contributed by atoms with van der Waals surface area (Å²) in [6.07, 6.45) is 2.16. The van der Waals surface area contributed by atoms with Crippen molar-refractivity contribution in [3.8, 4) is 11.4 Å². The zero-order valence-electron chi connectivity index (χ0n) is 20.3. The fourth-order valence-electron chi connectivity index (χ4n) is 4.95. The number of nitrogens with zero attached hydrogens (tertiary/aromatic N) is 3. The van der Waals surface area contributed by atoms with Crippen molar-refractivity contribution in [1.82, 2.24) is 20.0 Å². The summed E-state index contributed by atoms with van der Waals surface area (Å²) in [6.45, 7) is 10.9. The smallest absolute Gasteiger partial charge is 0.279 e. The van der Waals surface area contributed by atoms with Gasteiger partial charge in [-0.05, 0) is 68.5 Å². The van der Waals surface area contributed by atoms with Crippen LogP contribution in [0.25, 0.3) is 16.5 Å². The van der Waals surface area contributed by atoms with Crippen molar-refractivity contribution in [3.63, 3.8) is 0 Å². The largest absolute Gasteiger partial charge is 0.494 e. The average Bonchev–Trinajstić information content (AvgIpc) is 2.82. The molecule has 180 valence electrons. The van der Waals surface area contributed by atoms with Crippen molar-refractivity contribution in [1.29, 1.82) is 0 Å². The van der Waals surface area contributed by atoms with Crippen LogP contribution in [0.15, 0.2) is 53.3 Å². The number of nitrogens with one attached hydrogen (secondary N) is 1. The van der Waals surface area contributed by atoms with Crippen LogP contribution in [0.3, 0.4) is 0 Å². The Kier molecular flexibility index (Phi) is 7.63. The molecular formula is C27H34N4O3. The zero-order chi connectivity index (χ0) is 24.1. The summed E-state index contributed by atoms with van der Waals surface area (Å²) in [5.41, 5.74) is 0.579. The number of carbonyl (C=O) groups is 1. The molecule has 4 rings (SSSR count). The molecule has 1 saturated heterocycles. The van der Waals surface area contributed by atoms with Crippen molar-refractivity contribution >= 4 is 16.7 Å². The second-order valence-electron chi connectivity index (χ2n) is 9.35. The third-order valence-corrected chi connectivity index (χ3v) is 6.29. The van der Waals surface area contributed by atoms with Crippen molar-refractivity contribution in [2.75, 3.05) is 32.8 Å². The van der Waals surface area contributed by atoms with Crippen LogP contribution in [0.1, 0.15) is 44.1 Å². The summed E-state index contributed by atoms with van der Waals surface area (Å²) < 4.78 is 6.79. The van der Waals surface area contributed by atoms with Crippen LogP contribution in [0, 0.1) is 11.8 Å². The zero-order valence-corrected chi connectivity index (χ0v) is 20.3. The Labute approximate surface area is 200 Å². The van der Waals surface area contributed by atoms with Crippen molar-refractivity contribution in [2.45, 2.75) is 33.6 Å². The molecule has 2 heterocycles. The normalized spacial score (nSPS) is 18.7. The number of benzene rings is 2. The van der Waals surface area contributed by atoms with Crippen molar-refractivity contribution in [2.24, 2.45) is 11.8 Å². The van der Waals surface area contributed by atoms with Crippen LogP contribution in [0.4, 0.5) is 0 Å². The molecule has 34 heavy (non-hydrogen) atoms. The van der Waals surface area contributed by atoms with Gasteiger partial charge in [0.25, 0.3) is 11.5 Å². The lowest BCUT2D eigenvalue weighted by Gasteiger charge is -2.34. The van der Waals surface area contributed by atoms with Gasteiger partial charge in [0.1, 0.15) is 5.75 Å². The summed E-state index contributed by atoms with van der Waals surface area (Å²) in [4.78, 5) is 28.8. The molecule has 1 aliphatic heterocycles. The van der Waals surface area contributed by atoms with Crippen LogP contribution >= 0.6 is 0 Å². The molecule has 2 aromatic carbocycles. The Morgan fingerprint density at radius 2 is 1.74 bits per heavy atom. The highest BCUT2D eigenvalue weighted by Gasteiger charge is 2.21. The maximum atomic E-state index is 13.1. The highest BCUT2D eigenvalue weighted by Crippen LogP contribution is 2.21. The van der Waals surface area contributed by atoms with Gasteiger partial charge in [-0.15, -0.1) is 0 Å². The first-order valence-electron chi connectivity index (χ1n) is 12.2. The number of piperidine rings is 1. The molecule has 3 aromatic rings. The molecule has 1 fully saturated rings. The van der Waals surface area contributed by atoms with Crippen LogP contribution in [-0.4, -0.2) is 53.4 Å². The van der Waals surface area contributed by atoms with E-state index in [9.17, 15) is 9.59 Å². The molecule has 0 bridgehead atoms. The van der Waals surface area contributed by atoms with E-state index in [-0.39, 0.29) is 17.2 Å². The summed E-state index contributed by atoms with van der Waals surface area (Å²) in [6, 6.07) is 14.3. The monoisotopic (exact) mass is 462 g/mol. The van der Waals surface area contributed by atoms with Gasteiger partial charge in [-0.1, -0.05) is 32.0 Å². The predicted molar refractivity (Wildman–Crippen MR) is 135 cm³/mol. The molecule has 1 N–H and O–H groups in total. The van der Waals surface area contributed by atoms with Crippen LogP contribution in [0.5, 0.6) is 5.75 Å². The van der Waals surface area contributed by atoms with Crippen molar-refractivity contribution in [3.05, 3.63) is 64.6 Å². The minimum absolute atomic E-state index is 0.254. The fraction of sp³-hybridized carbons (Fsp3) is 0.444. The fourth-order valence-corrected chi connectivity index (χ4v) is 4.95. The summed E-state index contributed by atoms with van der Waals surface area (Å²) in [5.74, 6) is 1.89. The van der Waals surface area contributed by atoms with Gasteiger partial charge in [0.2, 0.25) is 0 Å². The highest BCUT2D eigenvalue weighted by molar-refractivity contribution is 6.04. The van der Waals surface area contributed by atoms with E-state index < -0.39 is 0 Å². The number of hydrogen-bond acceptors (Lipinski definition) is 5. The van der Waals surface area contributed by atoms with Gasteiger partial charge in [-0.3, -0.25) is 9.59 Å². The maximum absolute atomic E-state index is 13.1. The SMILES string of the molecule is CCOc1ccc(-n2nc(C(=O)NCCCN3CC(C)CC(C)C3)c3ccccc3c2=O)cc1. The minimum atomic E-state index is -0.267. The predicted octanol–water partition coefficient (Wildman–Crippen LogP) is 3.88. The Bertz CT molecular complexity index is 1180. The third-order valence-electron chi connectivity index (χ3n) is 6.29. The average molecular weight is 463 g/mol. The summed E-state index contributed by atoms with van der Waals surface area (Å²) in [5, 5.41) is 8.52. The second-order valence-corrected chi connectivity index (χ2v) is 9.35. The first-order valence-corrected chi connectivity index (χ1v) is 12.2. The minimum Gasteiger partial charge on any atom is -0.494 e. The molecule has 7 heteroatoms. The molecule has 7 nitrogen and oxygen atoms in total. The third kappa shape index (κ3) is 5.47. The Balaban J connectivity index is 1.51. The molecule has 1 aromatic heterocycles. The first kappa shape index (κ1) is 24.0. The maximum Gasteiger partial charge on any atom is 0.279 e. The lowest BCUT2D eigenvalue weighted by atomic mass is 9.92. The van der Waals surface area contributed by atoms with Crippen LogP contribution < -0.4 is 15.6 Å². The number of likely N-dealkylation sites (tertiary alicyclic amines) is 1. The number of carbonyl (C=O) groups excluding carboxylic acids is 1. The van der Waals surface area contributed by atoms with Gasteiger partial charge >= 0.3 is 0 Å². The van der Waals surface area contributed by atoms with E-state index in [1.54, 1.807) is 42.5 Å². The highest BCUT2D eigenvalue weighted by atomic mass is 16.5. The molecular weight excluding hydrogens is 428 g/mol. The van der Waals surface area contributed by atoms with E-state index in [2.05, 4.69) is 29.2 Å². The number of hydrogen-bond donors (Lipinski definition) is 1. The second kappa shape index (κ2) is 10.8. The molecule has 1 aliphatic rings. The lowest BCUT2D eigenvalue weighted by Crippen LogP contribution is -2.40. The van der Waals surface area contributed by atoms with Gasteiger partial charge in [-0.25, -0.2) is 0 Å². The molecule has 0 saturated carbocycles. The van der Waals surface area contributed by atoms with E-state index in [0.29, 0.717) is 29.6 Å². The van der Waals surface area contributed by atoms with Gasteiger partial charge < -0.3 is 15.0 Å². The summed E-state index contributed by atoms with van der Waals surface area (Å²) in [7, 11) is 0. The Morgan fingerprint density at radius 1 is 1.06 bits per heavy atom. The standard InChI is InChI=1S/C27H34N4O3/c1-4-34-22-12-10-21(11-13-22)31-27(33)24-9-6-5-8-23(24)25(29-31)26(32)28-14-7-15-30-17-19(2)16-20(3)18-30/h5-6,8-13,19-20H,4,7,14-18H2,1-3H3,(H,28,32). The molecule has 1 amide bonds. The Morgan fingerprint density at radius 3 is 2.41 bits per heavy atom. The van der Waals surface area contributed by atoms with E-state index in [1.807, 2.05) is 13.0 Å². The van der Waals surface area contributed by atoms with E-state index in [0.717, 1.165) is 43.6 Å². The van der Waals surface area contributed by atoms with Crippen LogP contribution in [0.2, 0.25) is 0 Å². The van der Waals surface area contributed by atoms with Gasteiger partial charge in [0.15, 0.2) is 5.69 Å². The van der Waals surface area contributed by atoms with Crippen LogP contribution in [-0.2, 0) is 0 Å². The van der Waals surface area contributed by atoms with Gasteiger partial charge in [0, 0.05) is 25.0 Å². The van der Waals surface area contributed by atoms with Crippen molar-refractivity contribution < 1.29 is 9.53 Å². The quantitative estimate of drug-likeness (QED) is 0.514. The number of rotatable bonds is 8. The molecule has 0 radical (unpaired) electrons. The van der Waals surface area contributed by atoms with E-state index in [1.165, 1.54) is 11.1 Å². The van der Waals surface area contributed by atoms with E-state index >= 15 is 0 Å². The molecule has 2 atom stereocenters. The molecule has 0 spiro atoms. The number of aromatic nitrogens is 2. The Hall–Kier alpha value is -3.19. The first-order chi connectivity index (χ1) is 16.5. The number of ether oxygens (including phenoxy) is 1.